The lowest BCUT2D eigenvalue weighted by Crippen LogP contribution is -2.39. The second kappa shape index (κ2) is 7.20. The lowest BCUT2D eigenvalue weighted by Gasteiger charge is -2.28. The van der Waals surface area contributed by atoms with Gasteiger partial charge in [0.25, 0.3) is 0 Å². The number of aryl methyl sites for hydroxylation is 1. The number of imidazole rings is 1. The number of hydrogen-bond donors (Lipinski definition) is 2. The summed E-state index contributed by atoms with van der Waals surface area (Å²) in [5.74, 6) is 0. The monoisotopic (exact) mass is 327 g/mol. The number of aromatic nitrogens is 2. The molecule has 1 aromatic carbocycles. The Bertz CT molecular complexity index is 829. The Balaban J connectivity index is 2.23. The van der Waals surface area contributed by atoms with Crippen molar-refractivity contribution in [2.45, 2.75) is 38.5 Å². The van der Waals surface area contributed by atoms with E-state index in [0.717, 1.165) is 29.4 Å². The third-order valence-corrected chi connectivity index (χ3v) is 4.67. The van der Waals surface area contributed by atoms with E-state index in [4.69, 9.17) is 0 Å². The highest BCUT2D eigenvalue weighted by Crippen LogP contribution is 2.30. The van der Waals surface area contributed by atoms with Crippen molar-refractivity contribution in [1.82, 2.24) is 14.5 Å². The molecule has 2 N–H and O–H groups in total. The molecule has 0 saturated heterocycles. The fourth-order valence-electron chi connectivity index (χ4n) is 3.58. The van der Waals surface area contributed by atoms with Gasteiger partial charge in [-0.1, -0.05) is 30.4 Å². The molecule has 1 heterocycles. The molecule has 24 heavy (non-hydrogen) atoms. The number of hydrogen-bond acceptors (Lipinski definition) is 3. The molecular formula is C19H25N3O2. The average Bonchev–Trinajstić information content (AvgIpc) is 2.88. The van der Waals surface area contributed by atoms with Gasteiger partial charge in [0.2, 0.25) is 0 Å². The Morgan fingerprint density at radius 2 is 2.04 bits per heavy atom. The molecule has 1 unspecified atom stereocenters. The van der Waals surface area contributed by atoms with Crippen LogP contribution in [0.3, 0.4) is 0 Å². The molecule has 128 valence electrons. The minimum Gasteiger partial charge on any atom is -0.389 e. The Kier molecular flexibility index (Phi) is 5.02. The first-order valence-corrected chi connectivity index (χ1v) is 8.57. The summed E-state index contributed by atoms with van der Waals surface area (Å²) in [7, 11) is 1.81. The smallest absolute Gasteiger partial charge is 0.329 e. The molecular weight excluding hydrogens is 302 g/mol. The first-order chi connectivity index (χ1) is 11.7. The summed E-state index contributed by atoms with van der Waals surface area (Å²) < 4.78 is 3.54. The standard InChI is InChI=1S/C19H25N3O2/c1-3-21-15-11-7-8-12-16(15)22(19(21)24)18(17(23)13-20-2)14-9-5-4-6-10-14/h4-5,7-9,11-12,17-18,20,23H,3,6,10,13H2,1-2H3/t17?,18-/m0/s1. The molecule has 2 atom stereocenters. The van der Waals surface area contributed by atoms with Gasteiger partial charge in [0, 0.05) is 13.1 Å². The van der Waals surface area contributed by atoms with E-state index in [-0.39, 0.29) is 11.7 Å². The van der Waals surface area contributed by atoms with Crippen LogP contribution in [0, 0.1) is 0 Å². The predicted molar refractivity (Wildman–Crippen MR) is 97.3 cm³/mol. The van der Waals surface area contributed by atoms with E-state index >= 15 is 0 Å². The molecule has 0 spiro atoms. The van der Waals surface area contributed by atoms with Crippen LogP contribution in [0.2, 0.25) is 0 Å². The van der Waals surface area contributed by atoms with Crippen LogP contribution in [-0.2, 0) is 6.54 Å². The number of aliphatic hydroxyl groups excluding tert-OH is 1. The Morgan fingerprint density at radius 1 is 1.29 bits per heavy atom. The molecule has 1 aliphatic carbocycles. The van der Waals surface area contributed by atoms with Gasteiger partial charge in [-0.2, -0.15) is 0 Å². The number of allylic oxidation sites excluding steroid dienone is 3. The van der Waals surface area contributed by atoms with Crippen molar-refractivity contribution in [3.63, 3.8) is 0 Å². The van der Waals surface area contributed by atoms with Crippen LogP contribution < -0.4 is 11.0 Å². The van der Waals surface area contributed by atoms with Crippen LogP contribution in [0.15, 0.2) is 52.9 Å². The highest BCUT2D eigenvalue weighted by atomic mass is 16.3. The Hall–Kier alpha value is -2.11. The lowest BCUT2D eigenvalue weighted by molar-refractivity contribution is 0.127. The quantitative estimate of drug-likeness (QED) is 0.855. The number of nitrogens with zero attached hydrogens (tertiary/aromatic N) is 2. The molecule has 0 amide bonds. The van der Waals surface area contributed by atoms with Crippen molar-refractivity contribution in [1.29, 1.82) is 0 Å². The fourth-order valence-corrected chi connectivity index (χ4v) is 3.58. The van der Waals surface area contributed by atoms with Gasteiger partial charge < -0.3 is 10.4 Å². The van der Waals surface area contributed by atoms with Crippen molar-refractivity contribution < 1.29 is 5.11 Å². The van der Waals surface area contributed by atoms with E-state index < -0.39 is 6.10 Å². The summed E-state index contributed by atoms with van der Waals surface area (Å²) in [5.41, 5.74) is 2.83. The fraction of sp³-hybridized carbons (Fsp3) is 0.421. The number of likely N-dealkylation sites (N-methyl/N-ethyl adjacent to an activating group) is 1. The first kappa shape index (κ1) is 16.7. The van der Waals surface area contributed by atoms with E-state index in [0.29, 0.717) is 13.1 Å². The van der Waals surface area contributed by atoms with Crippen LogP contribution in [0.25, 0.3) is 11.0 Å². The van der Waals surface area contributed by atoms with E-state index in [9.17, 15) is 9.90 Å². The first-order valence-electron chi connectivity index (χ1n) is 8.57. The largest absolute Gasteiger partial charge is 0.389 e. The van der Waals surface area contributed by atoms with E-state index in [1.807, 2.05) is 50.4 Å². The van der Waals surface area contributed by atoms with Gasteiger partial charge in [-0.15, -0.1) is 0 Å². The van der Waals surface area contributed by atoms with Gasteiger partial charge >= 0.3 is 5.69 Å². The van der Waals surface area contributed by atoms with Gasteiger partial charge in [-0.25, -0.2) is 4.79 Å². The zero-order valence-electron chi connectivity index (χ0n) is 14.3. The lowest BCUT2D eigenvalue weighted by atomic mass is 9.93. The third kappa shape index (κ3) is 2.85. The second-order valence-corrected chi connectivity index (χ2v) is 6.16. The molecule has 1 aliphatic rings. The zero-order valence-corrected chi connectivity index (χ0v) is 14.3. The average molecular weight is 327 g/mol. The summed E-state index contributed by atoms with van der Waals surface area (Å²) in [5, 5.41) is 13.8. The number of fused-ring (bicyclic) bond motifs is 1. The predicted octanol–water partition coefficient (Wildman–Crippen LogP) is 2.22. The number of aliphatic hydroxyl groups is 1. The summed E-state index contributed by atoms with van der Waals surface area (Å²) >= 11 is 0. The minimum atomic E-state index is -0.665. The Labute approximate surface area is 141 Å². The van der Waals surface area contributed by atoms with Crippen LogP contribution in [-0.4, -0.2) is 33.9 Å². The van der Waals surface area contributed by atoms with Gasteiger partial charge in [0.05, 0.1) is 23.2 Å². The maximum absolute atomic E-state index is 13.1. The van der Waals surface area contributed by atoms with Gasteiger partial charge in [-0.05, 0) is 44.5 Å². The van der Waals surface area contributed by atoms with E-state index in [1.54, 1.807) is 9.13 Å². The maximum Gasteiger partial charge on any atom is 0.329 e. The summed E-state index contributed by atoms with van der Waals surface area (Å²) in [6.07, 6.45) is 7.31. The van der Waals surface area contributed by atoms with Gasteiger partial charge in [-0.3, -0.25) is 9.13 Å². The van der Waals surface area contributed by atoms with Crippen molar-refractivity contribution in [3.8, 4) is 0 Å². The second-order valence-electron chi connectivity index (χ2n) is 6.16. The van der Waals surface area contributed by atoms with Crippen LogP contribution in [0.1, 0.15) is 25.8 Å². The SMILES string of the molecule is CCn1c(=O)n([C@@H](C2=CC=CCC2)C(O)CNC)c2ccccc21. The molecule has 1 aromatic heterocycles. The summed E-state index contributed by atoms with van der Waals surface area (Å²) in [4.78, 5) is 13.1. The van der Waals surface area contributed by atoms with Crippen molar-refractivity contribution in [2.75, 3.05) is 13.6 Å². The summed E-state index contributed by atoms with van der Waals surface area (Å²) in [6.45, 7) is 3.02. The number of benzene rings is 1. The molecule has 2 aromatic rings. The van der Waals surface area contributed by atoms with Crippen molar-refractivity contribution >= 4 is 11.0 Å². The highest BCUT2D eigenvalue weighted by molar-refractivity contribution is 5.76. The van der Waals surface area contributed by atoms with Crippen molar-refractivity contribution in [3.05, 3.63) is 58.6 Å². The van der Waals surface area contributed by atoms with Gasteiger partial charge in [0.1, 0.15) is 0 Å². The van der Waals surface area contributed by atoms with Crippen molar-refractivity contribution in [2.24, 2.45) is 0 Å². The van der Waals surface area contributed by atoms with Crippen LogP contribution in [0.5, 0.6) is 0 Å². The zero-order chi connectivity index (χ0) is 17.1. The summed E-state index contributed by atoms with van der Waals surface area (Å²) in [6, 6.07) is 7.45. The molecule has 0 saturated carbocycles. The Morgan fingerprint density at radius 3 is 2.67 bits per heavy atom. The number of nitrogens with one attached hydrogen (secondary N) is 1. The molecule has 5 nitrogen and oxygen atoms in total. The molecule has 5 heteroatoms. The topological polar surface area (TPSA) is 59.2 Å². The minimum absolute atomic E-state index is 0.0608. The van der Waals surface area contributed by atoms with E-state index in [2.05, 4.69) is 11.4 Å². The molecule has 3 rings (SSSR count). The third-order valence-electron chi connectivity index (χ3n) is 4.67. The molecule has 0 fully saturated rings. The van der Waals surface area contributed by atoms with Gasteiger partial charge in [0.15, 0.2) is 0 Å². The maximum atomic E-state index is 13.1. The molecule has 0 aliphatic heterocycles. The molecule has 0 radical (unpaired) electrons. The van der Waals surface area contributed by atoms with Crippen LogP contribution >= 0.6 is 0 Å². The normalized spacial score (nSPS) is 17.0. The molecule has 0 bridgehead atoms. The number of para-hydroxylation sites is 2. The number of rotatable bonds is 6. The highest BCUT2D eigenvalue weighted by Gasteiger charge is 2.29. The van der Waals surface area contributed by atoms with Crippen LogP contribution in [0.4, 0.5) is 0 Å². The van der Waals surface area contributed by atoms with E-state index in [1.165, 1.54) is 0 Å².